The highest BCUT2D eigenvalue weighted by Gasteiger charge is 2.16. The number of aryl methyl sites for hydroxylation is 1. The minimum Gasteiger partial charge on any atom is -0.347 e. The van der Waals surface area contributed by atoms with Crippen LogP contribution in [-0.2, 0) is 6.54 Å². The number of hydrogen-bond donors (Lipinski definition) is 1. The van der Waals surface area contributed by atoms with Crippen LogP contribution in [0.15, 0.2) is 48.5 Å². The average molecular weight is 352 g/mol. The van der Waals surface area contributed by atoms with Crippen molar-refractivity contribution >= 4 is 17.5 Å². The van der Waals surface area contributed by atoms with Crippen molar-refractivity contribution in [1.29, 1.82) is 5.26 Å². The maximum absolute atomic E-state index is 12.4. The molecule has 1 aromatic heterocycles. The highest BCUT2D eigenvalue weighted by Crippen LogP contribution is 2.14. The Labute approximate surface area is 149 Å². The summed E-state index contributed by atoms with van der Waals surface area (Å²) in [5.74, 6) is -0.310. The Bertz CT molecular complexity index is 956. The summed E-state index contributed by atoms with van der Waals surface area (Å²) in [6, 6.07) is 16.2. The first kappa shape index (κ1) is 16.7. The molecular weight excluding hydrogens is 338 g/mol. The predicted octanol–water partition coefficient (Wildman–Crippen LogP) is 3.03. The molecule has 0 unspecified atom stereocenters. The summed E-state index contributed by atoms with van der Waals surface area (Å²) in [5, 5.41) is 20.7. The summed E-state index contributed by atoms with van der Waals surface area (Å²) in [6.45, 7) is 2.07. The van der Waals surface area contributed by atoms with Crippen LogP contribution in [0.3, 0.4) is 0 Å². The van der Waals surface area contributed by atoms with E-state index in [2.05, 4.69) is 21.6 Å². The van der Waals surface area contributed by atoms with Crippen LogP contribution in [0.25, 0.3) is 5.69 Å². The SMILES string of the molecule is Cc1nn(-c2cccc(Cl)c2)nc1C(=O)NCc1ccc(C#N)cc1. The lowest BCUT2D eigenvalue weighted by atomic mass is 10.1. The number of benzene rings is 2. The van der Waals surface area contributed by atoms with E-state index >= 15 is 0 Å². The number of nitrogens with one attached hydrogen (secondary N) is 1. The van der Waals surface area contributed by atoms with Crippen LogP contribution in [0.4, 0.5) is 0 Å². The van der Waals surface area contributed by atoms with Gasteiger partial charge in [0, 0.05) is 11.6 Å². The first-order chi connectivity index (χ1) is 12.1. The highest BCUT2D eigenvalue weighted by atomic mass is 35.5. The summed E-state index contributed by atoms with van der Waals surface area (Å²) in [7, 11) is 0. The molecule has 0 saturated carbocycles. The molecule has 0 aliphatic rings. The Hall–Kier alpha value is -3.17. The topological polar surface area (TPSA) is 83.6 Å². The van der Waals surface area contributed by atoms with E-state index in [1.54, 1.807) is 49.4 Å². The van der Waals surface area contributed by atoms with Crippen LogP contribution in [-0.4, -0.2) is 20.9 Å². The van der Waals surface area contributed by atoms with Crippen molar-refractivity contribution in [2.75, 3.05) is 0 Å². The standard InChI is InChI=1S/C18H14ClN5O/c1-12-17(23-24(22-12)16-4-2-3-15(19)9-16)18(25)21-11-14-7-5-13(10-20)6-8-14/h2-9H,11H2,1H3,(H,21,25). The zero-order valence-electron chi connectivity index (χ0n) is 13.4. The molecular formula is C18H14ClN5O. The number of hydrogen-bond acceptors (Lipinski definition) is 4. The molecule has 0 saturated heterocycles. The molecule has 1 N–H and O–H groups in total. The van der Waals surface area contributed by atoms with E-state index in [4.69, 9.17) is 16.9 Å². The monoisotopic (exact) mass is 351 g/mol. The minimum absolute atomic E-state index is 0.258. The van der Waals surface area contributed by atoms with E-state index in [-0.39, 0.29) is 11.6 Å². The van der Waals surface area contributed by atoms with Crippen LogP contribution < -0.4 is 5.32 Å². The summed E-state index contributed by atoms with van der Waals surface area (Å²) in [4.78, 5) is 13.8. The lowest BCUT2D eigenvalue weighted by molar-refractivity contribution is 0.0945. The van der Waals surface area contributed by atoms with E-state index in [0.29, 0.717) is 28.5 Å². The van der Waals surface area contributed by atoms with Crippen molar-refractivity contribution < 1.29 is 4.79 Å². The van der Waals surface area contributed by atoms with Crippen molar-refractivity contribution in [2.24, 2.45) is 0 Å². The molecule has 3 rings (SSSR count). The van der Waals surface area contributed by atoms with Gasteiger partial charge >= 0.3 is 0 Å². The molecule has 7 heteroatoms. The molecule has 1 heterocycles. The molecule has 6 nitrogen and oxygen atoms in total. The van der Waals surface area contributed by atoms with Gasteiger partial charge in [-0.15, -0.1) is 5.10 Å². The average Bonchev–Trinajstić information content (AvgIpc) is 3.02. The molecule has 25 heavy (non-hydrogen) atoms. The zero-order chi connectivity index (χ0) is 17.8. The second-order valence-corrected chi connectivity index (χ2v) is 5.83. The molecule has 0 aliphatic carbocycles. The van der Waals surface area contributed by atoms with Gasteiger partial charge in [-0.3, -0.25) is 4.79 Å². The number of rotatable bonds is 4. The molecule has 0 radical (unpaired) electrons. The van der Waals surface area contributed by atoms with Crippen LogP contribution >= 0.6 is 11.6 Å². The van der Waals surface area contributed by atoms with Crippen LogP contribution in [0, 0.1) is 18.3 Å². The third-order valence-corrected chi connectivity index (χ3v) is 3.81. The maximum atomic E-state index is 12.4. The first-order valence-corrected chi connectivity index (χ1v) is 7.92. The first-order valence-electron chi connectivity index (χ1n) is 7.54. The number of amides is 1. The van der Waals surface area contributed by atoms with Crippen molar-refractivity contribution in [1.82, 2.24) is 20.3 Å². The van der Waals surface area contributed by atoms with Crippen molar-refractivity contribution in [2.45, 2.75) is 13.5 Å². The van der Waals surface area contributed by atoms with E-state index < -0.39 is 0 Å². The van der Waals surface area contributed by atoms with Crippen LogP contribution in [0.5, 0.6) is 0 Å². The molecule has 3 aromatic rings. The largest absolute Gasteiger partial charge is 0.347 e. The van der Waals surface area contributed by atoms with Gasteiger partial charge in [-0.05, 0) is 42.8 Å². The van der Waals surface area contributed by atoms with Gasteiger partial charge in [0.1, 0.15) is 0 Å². The Morgan fingerprint density at radius 2 is 2.00 bits per heavy atom. The predicted molar refractivity (Wildman–Crippen MR) is 93.4 cm³/mol. The Kier molecular flexibility index (Phi) is 4.78. The summed E-state index contributed by atoms with van der Waals surface area (Å²) in [6.07, 6.45) is 0. The molecule has 0 fully saturated rings. The van der Waals surface area contributed by atoms with Crippen molar-refractivity contribution in [3.05, 3.63) is 76.1 Å². The molecule has 0 atom stereocenters. The third-order valence-electron chi connectivity index (χ3n) is 3.57. The number of aromatic nitrogens is 3. The maximum Gasteiger partial charge on any atom is 0.274 e. The van der Waals surface area contributed by atoms with Crippen LogP contribution in [0.1, 0.15) is 27.3 Å². The van der Waals surface area contributed by atoms with Gasteiger partial charge in [0.15, 0.2) is 5.69 Å². The van der Waals surface area contributed by atoms with Crippen LogP contribution in [0.2, 0.25) is 5.02 Å². The Morgan fingerprint density at radius 1 is 1.24 bits per heavy atom. The highest BCUT2D eigenvalue weighted by molar-refractivity contribution is 6.30. The molecule has 124 valence electrons. The second-order valence-electron chi connectivity index (χ2n) is 5.39. The molecule has 0 aliphatic heterocycles. The van der Waals surface area contributed by atoms with E-state index in [1.807, 2.05) is 6.07 Å². The Balaban J connectivity index is 1.73. The molecule has 0 bridgehead atoms. The van der Waals surface area contributed by atoms with Gasteiger partial charge in [-0.2, -0.15) is 15.2 Å². The van der Waals surface area contributed by atoms with E-state index in [9.17, 15) is 4.79 Å². The number of nitriles is 1. The number of carbonyl (C=O) groups excluding carboxylic acids is 1. The van der Waals surface area contributed by atoms with Gasteiger partial charge < -0.3 is 5.32 Å². The van der Waals surface area contributed by atoms with Gasteiger partial charge in [0.2, 0.25) is 0 Å². The summed E-state index contributed by atoms with van der Waals surface area (Å²) >= 11 is 5.97. The van der Waals surface area contributed by atoms with E-state index in [1.165, 1.54) is 4.80 Å². The fourth-order valence-electron chi connectivity index (χ4n) is 2.27. The van der Waals surface area contributed by atoms with E-state index in [0.717, 1.165) is 5.56 Å². The molecule has 2 aromatic carbocycles. The van der Waals surface area contributed by atoms with Gasteiger partial charge in [0.25, 0.3) is 5.91 Å². The fraction of sp³-hybridized carbons (Fsp3) is 0.111. The lowest BCUT2D eigenvalue weighted by Gasteiger charge is -2.04. The minimum atomic E-state index is -0.310. The normalized spacial score (nSPS) is 10.3. The fourth-order valence-corrected chi connectivity index (χ4v) is 2.45. The number of nitrogens with zero attached hydrogens (tertiary/aromatic N) is 4. The third kappa shape index (κ3) is 3.84. The second kappa shape index (κ2) is 7.16. The summed E-state index contributed by atoms with van der Waals surface area (Å²) < 4.78 is 0. The van der Waals surface area contributed by atoms with Gasteiger partial charge in [0.05, 0.1) is 23.0 Å². The number of carbonyl (C=O) groups is 1. The van der Waals surface area contributed by atoms with Crippen molar-refractivity contribution in [3.8, 4) is 11.8 Å². The van der Waals surface area contributed by atoms with Gasteiger partial charge in [-0.25, -0.2) is 0 Å². The molecule has 0 spiro atoms. The smallest absolute Gasteiger partial charge is 0.274 e. The van der Waals surface area contributed by atoms with Crippen molar-refractivity contribution in [3.63, 3.8) is 0 Å². The molecule has 1 amide bonds. The quantitative estimate of drug-likeness (QED) is 0.783. The lowest BCUT2D eigenvalue weighted by Crippen LogP contribution is -2.24. The Morgan fingerprint density at radius 3 is 2.68 bits per heavy atom. The zero-order valence-corrected chi connectivity index (χ0v) is 14.2. The van der Waals surface area contributed by atoms with Gasteiger partial charge in [-0.1, -0.05) is 29.8 Å². The summed E-state index contributed by atoms with van der Waals surface area (Å²) in [5.41, 5.74) is 2.94. The number of halogens is 1.